The van der Waals surface area contributed by atoms with Crippen molar-refractivity contribution in [2.75, 3.05) is 45.7 Å². The molecule has 0 bridgehead atoms. The normalized spacial score (nSPS) is 17.4. The van der Waals surface area contributed by atoms with Gasteiger partial charge >= 0.3 is 0 Å². The highest BCUT2D eigenvalue weighted by atomic mass is 127. The summed E-state index contributed by atoms with van der Waals surface area (Å²) in [5.41, 5.74) is 0.337. The van der Waals surface area contributed by atoms with Crippen LogP contribution < -0.4 is 10.6 Å². The van der Waals surface area contributed by atoms with Crippen molar-refractivity contribution in [3.05, 3.63) is 0 Å². The predicted octanol–water partition coefficient (Wildman–Crippen LogP) is 2.95. The van der Waals surface area contributed by atoms with E-state index < -0.39 is 0 Å². The van der Waals surface area contributed by atoms with Crippen LogP contribution in [0.5, 0.6) is 0 Å². The van der Waals surface area contributed by atoms with Crippen molar-refractivity contribution in [1.29, 1.82) is 0 Å². The van der Waals surface area contributed by atoms with Gasteiger partial charge in [0, 0.05) is 32.9 Å². The van der Waals surface area contributed by atoms with Crippen LogP contribution in [-0.4, -0.2) is 62.5 Å². The van der Waals surface area contributed by atoms with Gasteiger partial charge < -0.3 is 15.5 Å². The summed E-state index contributed by atoms with van der Waals surface area (Å²) < 4.78 is 0. The minimum Gasteiger partial charge on any atom is -0.356 e. The summed E-state index contributed by atoms with van der Waals surface area (Å²) in [4.78, 5) is 17.8. The number of hydrogen-bond donors (Lipinski definition) is 2. The third-order valence-electron chi connectivity index (χ3n) is 4.46. The standard InChI is InChI=1S/C17H34N4OS.HI/c1-17(9-7-5-6-8-10-17)14-20-16(18-11-12-23-4)19-13-15(22)21(2)3;/h5-14H2,1-4H3,(H2,18,19,20);1H. The Bertz CT molecular complexity index is 383. The number of nitrogens with zero attached hydrogens (tertiary/aromatic N) is 2. The highest BCUT2D eigenvalue weighted by Crippen LogP contribution is 2.33. The maximum absolute atomic E-state index is 11.8. The van der Waals surface area contributed by atoms with E-state index in [2.05, 4.69) is 28.8 Å². The van der Waals surface area contributed by atoms with Crippen LogP contribution in [0.15, 0.2) is 4.99 Å². The molecule has 1 fully saturated rings. The number of likely N-dealkylation sites (N-methyl/N-ethyl adjacent to an activating group) is 1. The summed E-state index contributed by atoms with van der Waals surface area (Å²) in [6.07, 6.45) is 10.0. The number of amides is 1. The molecule has 0 spiro atoms. The largest absolute Gasteiger partial charge is 0.356 e. The van der Waals surface area contributed by atoms with Gasteiger partial charge in [0.05, 0.1) is 0 Å². The highest BCUT2D eigenvalue weighted by Gasteiger charge is 2.25. The van der Waals surface area contributed by atoms with Gasteiger partial charge in [0.15, 0.2) is 5.96 Å². The summed E-state index contributed by atoms with van der Waals surface area (Å²) in [7, 11) is 3.53. The molecular formula is C17H35IN4OS. The number of rotatable bonds is 7. The van der Waals surface area contributed by atoms with Crippen molar-refractivity contribution in [2.24, 2.45) is 10.4 Å². The molecule has 1 saturated carbocycles. The van der Waals surface area contributed by atoms with E-state index in [0.717, 1.165) is 24.8 Å². The molecule has 7 heteroatoms. The van der Waals surface area contributed by atoms with E-state index in [0.29, 0.717) is 5.41 Å². The molecule has 0 heterocycles. The minimum absolute atomic E-state index is 0. The number of guanidine groups is 1. The van der Waals surface area contributed by atoms with Gasteiger partial charge in [0.1, 0.15) is 6.54 Å². The average molecular weight is 470 g/mol. The molecule has 5 nitrogen and oxygen atoms in total. The molecule has 0 aromatic heterocycles. The Kier molecular flexibility index (Phi) is 13.0. The monoisotopic (exact) mass is 470 g/mol. The van der Waals surface area contributed by atoms with Gasteiger partial charge in [-0.1, -0.05) is 32.6 Å². The Hall–Kier alpha value is -0.180. The van der Waals surface area contributed by atoms with Crippen LogP contribution in [0.3, 0.4) is 0 Å². The fraction of sp³-hybridized carbons (Fsp3) is 0.882. The van der Waals surface area contributed by atoms with Crippen LogP contribution in [0.1, 0.15) is 45.4 Å². The second kappa shape index (κ2) is 13.1. The number of carbonyl (C=O) groups is 1. The Morgan fingerprint density at radius 2 is 1.79 bits per heavy atom. The number of thioether (sulfide) groups is 1. The van der Waals surface area contributed by atoms with Crippen LogP contribution in [0.4, 0.5) is 0 Å². The van der Waals surface area contributed by atoms with E-state index in [1.165, 1.54) is 38.5 Å². The number of hydrogen-bond acceptors (Lipinski definition) is 3. The summed E-state index contributed by atoms with van der Waals surface area (Å²) in [5.74, 6) is 1.82. The van der Waals surface area contributed by atoms with Crippen LogP contribution in [0.2, 0.25) is 0 Å². The number of halogens is 1. The topological polar surface area (TPSA) is 56.7 Å². The third kappa shape index (κ3) is 9.96. The van der Waals surface area contributed by atoms with Crippen molar-refractivity contribution < 1.29 is 4.79 Å². The van der Waals surface area contributed by atoms with Crippen LogP contribution in [0.25, 0.3) is 0 Å². The van der Waals surface area contributed by atoms with Gasteiger partial charge in [-0.15, -0.1) is 24.0 Å². The van der Waals surface area contributed by atoms with Crippen molar-refractivity contribution in [2.45, 2.75) is 45.4 Å². The highest BCUT2D eigenvalue weighted by molar-refractivity contribution is 14.0. The molecule has 0 atom stereocenters. The van der Waals surface area contributed by atoms with E-state index in [1.54, 1.807) is 30.8 Å². The van der Waals surface area contributed by atoms with Crippen molar-refractivity contribution in [3.63, 3.8) is 0 Å². The second-order valence-electron chi connectivity index (χ2n) is 6.95. The minimum atomic E-state index is 0. The van der Waals surface area contributed by atoms with Gasteiger partial charge in [-0.2, -0.15) is 11.8 Å². The first kappa shape index (κ1) is 23.8. The Balaban J connectivity index is 0.00000529. The molecule has 0 radical (unpaired) electrons. The second-order valence-corrected chi connectivity index (χ2v) is 7.94. The lowest BCUT2D eigenvalue weighted by Crippen LogP contribution is -2.44. The summed E-state index contributed by atoms with van der Waals surface area (Å²) in [6, 6.07) is 0. The molecule has 0 saturated heterocycles. The van der Waals surface area contributed by atoms with E-state index in [9.17, 15) is 4.79 Å². The smallest absolute Gasteiger partial charge is 0.243 e. The molecule has 1 amide bonds. The van der Waals surface area contributed by atoms with Gasteiger partial charge in [0.25, 0.3) is 0 Å². The number of carbonyl (C=O) groups excluding carboxylic acids is 1. The zero-order valence-corrected chi connectivity index (χ0v) is 18.8. The summed E-state index contributed by atoms with van der Waals surface area (Å²) in [5, 5.41) is 6.80. The Morgan fingerprint density at radius 3 is 2.33 bits per heavy atom. The lowest BCUT2D eigenvalue weighted by Gasteiger charge is -2.29. The summed E-state index contributed by atoms with van der Waals surface area (Å²) >= 11 is 1.80. The number of aliphatic imine (C=N–C) groups is 1. The van der Waals surface area contributed by atoms with E-state index in [1.807, 2.05) is 0 Å². The predicted molar refractivity (Wildman–Crippen MR) is 117 cm³/mol. The average Bonchev–Trinajstić information content (AvgIpc) is 2.74. The van der Waals surface area contributed by atoms with E-state index >= 15 is 0 Å². The quantitative estimate of drug-likeness (QED) is 0.198. The van der Waals surface area contributed by atoms with Gasteiger partial charge in [-0.25, -0.2) is 4.99 Å². The third-order valence-corrected chi connectivity index (χ3v) is 5.08. The van der Waals surface area contributed by atoms with Gasteiger partial charge in [-0.05, 0) is 24.5 Å². The van der Waals surface area contributed by atoms with Crippen LogP contribution in [-0.2, 0) is 4.79 Å². The van der Waals surface area contributed by atoms with Crippen LogP contribution >= 0.6 is 35.7 Å². The maximum Gasteiger partial charge on any atom is 0.243 e. The molecule has 0 aliphatic heterocycles. The van der Waals surface area contributed by atoms with Gasteiger partial charge in [-0.3, -0.25) is 4.79 Å². The Morgan fingerprint density at radius 1 is 1.17 bits per heavy atom. The maximum atomic E-state index is 11.8. The molecule has 1 aliphatic rings. The number of nitrogens with one attached hydrogen (secondary N) is 2. The van der Waals surface area contributed by atoms with Crippen LogP contribution in [0, 0.1) is 5.41 Å². The molecule has 1 rings (SSSR count). The lowest BCUT2D eigenvalue weighted by molar-refractivity contribution is -0.127. The SMILES string of the molecule is CSCCNC(=NCC(=O)N(C)C)NCC1(C)CCCCCC1.I. The first-order valence-electron chi connectivity index (χ1n) is 8.68. The molecule has 2 N–H and O–H groups in total. The molecule has 0 aromatic carbocycles. The molecule has 1 aliphatic carbocycles. The fourth-order valence-corrected chi connectivity index (χ4v) is 3.10. The first-order valence-corrected chi connectivity index (χ1v) is 10.1. The molecule has 142 valence electrons. The van der Waals surface area contributed by atoms with Gasteiger partial charge in [0.2, 0.25) is 5.91 Å². The molecular weight excluding hydrogens is 435 g/mol. The zero-order chi connectivity index (χ0) is 17.1. The molecule has 0 unspecified atom stereocenters. The zero-order valence-electron chi connectivity index (χ0n) is 15.7. The van der Waals surface area contributed by atoms with E-state index in [4.69, 9.17) is 0 Å². The van der Waals surface area contributed by atoms with E-state index in [-0.39, 0.29) is 36.4 Å². The fourth-order valence-electron chi connectivity index (χ4n) is 2.79. The first-order chi connectivity index (χ1) is 11.0. The lowest BCUT2D eigenvalue weighted by atomic mass is 9.82. The van der Waals surface area contributed by atoms with Crippen molar-refractivity contribution >= 4 is 47.6 Å². The van der Waals surface area contributed by atoms with Crippen molar-refractivity contribution in [1.82, 2.24) is 15.5 Å². The summed E-state index contributed by atoms with van der Waals surface area (Å²) in [6.45, 7) is 4.35. The molecule has 0 aromatic rings. The van der Waals surface area contributed by atoms with Crippen molar-refractivity contribution in [3.8, 4) is 0 Å². The molecule has 24 heavy (non-hydrogen) atoms. The Labute approximate surface area is 169 Å².